The van der Waals surface area contributed by atoms with Crippen LogP contribution >= 0.6 is 11.6 Å². The van der Waals surface area contributed by atoms with E-state index in [4.69, 9.17) is 30.5 Å². The molecule has 3 aliphatic rings. The second-order valence-electron chi connectivity index (χ2n) is 14.1. The molecule has 254 valence electrons. The molecule has 0 bridgehead atoms. The van der Waals surface area contributed by atoms with Crippen molar-refractivity contribution >= 4 is 47.0 Å². The summed E-state index contributed by atoms with van der Waals surface area (Å²) < 4.78 is 49.3. The Kier molecular flexibility index (Phi) is 9.08. The van der Waals surface area contributed by atoms with Crippen molar-refractivity contribution in [1.82, 2.24) is 19.9 Å². The lowest BCUT2D eigenvalue weighted by molar-refractivity contribution is 0.107. The summed E-state index contributed by atoms with van der Waals surface area (Å²) in [6.07, 6.45) is 2.03. The van der Waals surface area contributed by atoms with Crippen molar-refractivity contribution < 1.29 is 22.7 Å². The van der Waals surface area contributed by atoms with Crippen LogP contribution < -0.4 is 24.7 Å². The Bertz CT molecular complexity index is 1730. The van der Waals surface area contributed by atoms with Gasteiger partial charge in [-0.25, -0.2) is 8.78 Å². The number of rotatable bonds is 10. The number of benzene rings is 2. The van der Waals surface area contributed by atoms with Gasteiger partial charge in [-0.1, -0.05) is 93.0 Å². The minimum atomic E-state index is -2.71. The predicted molar refractivity (Wildman–Crippen MR) is 187 cm³/mol. The molecule has 0 radical (unpaired) electrons. The van der Waals surface area contributed by atoms with Crippen LogP contribution in [0.25, 0.3) is 10.9 Å². The standard InChI is InChI=1S/C36H42ClF2N5O3Si/c1-35(2,3)48(26-12-6-4-7-13-26,27-14-8-5-9-15-27)47-20-11-17-43-19-21-45-33-28-30(29(39)31(37)41-33)40-34(42-32(28)43)46-24-36-16-10-18-44(36)23-25(38)22-36/h4-9,12-15,25H,10-11,16-24H2,1-3H3/t25-,36+/m1/s1. The van der Waals surface area contributed by atoms with Gasteiger partial charge in [-0.3, -0.25) is 4.90 Å². The summed E-state index contributed by atoms with van der Waals surface area (Å²) in [5.41, 5.74) is -0.400. The zero-order chi connectivity index (χ0) is 33.5. The highest BCUT2D eigenvalue weighted by Crippen LogP contribution is 2.42. The second-order valence-corrected chi connectivity index (χ2v) is 18.8. The van der Waals surface area contributed by atoms with Crippen molar-refractivity contribution in [3.63, 3.8) is 0 Å². The molecule has 0 saturated carbocycles. The van der Waals surface area contributed by atoms with Crippen molar-refractivity contribution in [3.8, 4) is 11.9 Å². The van der Waals surface area contributed by atoms with Crippen LogP contribution in [0, 0.1) is 5.82 Å². The normalized spacial score (nSPS) is 21.3. The quantitative estimate of drug-likeness (QED) is 0.115. The third-order valence-corrected chi connectivity index (χ3v) is 15.4. The molecule has 7 rings (SSSR count). The average molecular weight is 694 g/mol. The molecule has 2 saturated heterocycles. The third-order valence-electron chi connectivity index (χ3n) is 10.1. The first-order valence-electron chi connectivity index (χ1n) is 16.8. The largest absolute Gasteiger partial charge is 0.475 e. The highest BCUT2D eigenvalue weighted by atomic mass is 35.5. The minimum absolute atomic E-state index is 0.00368. The molecule has 0 unspecified atom stereocenters. The SMILES string of the molecule is CC(C)(C)[Si](OCCCN1CCOc2nc(Cl)c(F)c3nc(OC[C@@]45CCCN4C[C@H](F)C5)nc1c23)(c1ccccc1)c1ccccc1. The predicted octanol–water partition coefficient (Wildman–Crippen LogP) is 5.94. The third kappa shape index (κ3) is 5.92. The lowest BCUT2D eigenvalue weighted by atomic mass is 9.95. The van der Waals surface area contributed by atoms with Gasteiger partial charge >= 0.3 is 6.01 Å². The van der Waals surface area contributed by atoms with E-state index in [9.17, 15) is 4.39 Å². The van der Waals surface area contributed by atoms with Crippen LogP contribution in [0.4, 0.5) is 14.6 Å². The second kappa shape index (κ2) is 13.1. The van der Waals surface area contributed by atoms with Gasteiger partial charge in [0.05, 0.1) is 12.1 Å². The van der Waals surface area contributed by atoms with Gasteiger partial charge in [-0.05, 0) is 41.2 Å². The summed E-state index contributed by atoms with van der Waals surface area (Å²) in [4.78, 5) is 17.7. The van der Waals surface area contributed by atoms with E-state index in [1.54, 1.807) is 0 Å². The Morgan fingerprint density at radius 1 is 1.02 bits per heavy atom. The van der Waals surface area contributed by atoms with Gasteiger partial charge in [0.1, 0.15) is 36.1 Å². The molecular weight excluding hydrogens is 652 g/mol. The number of pyridine rings is 1. The average Bonchev–Trinajstić information content (AvgIpc) is 3.54. The van der Waals surface area contributed by atoms with E-state index >= 15 is 4.39 Å². The van der Waals surface area contributed by atoms with E-state index in [1.165, 1.54) is 10.4 Å². The molecule has 0 amide bonds. The van der Waals surface area contributed by atoms with Gasteiger partial charge in [0.2, 0.25) is 5.88 Å². The fourth-order valence-electron chi connectivity index (χ4n) is 7.94. The van der Waals surface area contributed by atoms with Crippen LogP contribution in [0.15, 0.2) is 60.7 Å². The van der Waals surface area contributed by atoms with Crippen LogP contribution in [0.1, 0.15) is 46.5 Å². The Labute approximate surface area is 286 Å². The lowest BCUT2D eigenvalue weighted by Crippen LogP contribution is -2.66. The van der Waals surface area contributed by atoms with Gasteiger partial charge < -0.3 is 18.8 Å². The number of aromatic nitrogens is 3. The van der Waals surface area contributed by atoms with Gasteiger partial charge in [0.15, 0.2) is 11.0 Å². The van der Waals surface area contributed by atoms with E-state index in [-0.39, 0.29) is 34.2 Å². The van der Waals surface area contributed by atoms with Gasteiger partial charge in [-0.15, -0.1) is 0 Å². The van der Waals surface area contributed by atoms with Crippen LogP contribution in [-0.2, 0) is 4.43 Å². The van der Waals surface area contributed by atoms with Crippen LogP contribution in [0.5, 0.6) is 11.9 Å². The first-order valence-corrected chi connectivity index (χ1v) is 19.1. The van der Waals surface area contributed by atoms with Crippen molar-refractivity contribution in [3.05, 3.63) is 71.6 Å². The number of ether oxygens (including phenoxy) is 2. The molecule has 2 aromatic carbocycles. The molecule has 5 heterocycles. The number of anilines is 1. The first kappa shape index (κ1) is 33.1. The molecular formula is C36H42ClF2N5O3Si. The number of hydrogen-bond donors (Lipinski definition) is 0. The number of halogens is 3. The molecule has 2 fully saturated rings. The van der Waals surface area contributed by atoms with E-state index < -0.39 is 25.8 Å². The fraction of sp³-hybridized carbons (Fsp3) is 0.472. The molecule has 3 aliphatic heterocycles. The summed E-state index contributed by atoms with van der Waals surface area (Å²) in [5, 5.41) is 2.34. The Morgan fingerprint density at radius 2 is 1.73 bits per heavy atom. The maximum atomic E-state index is 15.5. The number of hydrogen-bond acceptors (Lipinski definition) is 8. The highest BCUT2D eigenvalue weighted by Gasteiger charge is 2.51. The van der Waals surface area contributed by atoms with Crippen molar-refractivity contribution in [2.45, 2.75) is 63.2 Å². The summed E-state index contributed by atoms with van der Waals surface area (Å²) >= 11 is 6.20. The molecule has 2 aromatic heterocycles. The number of nitrogens with zero attached hydrogens (tertiary/aromatic N) is 5. The van der Waals surface area contributed by atoms with E-state index in [0.29, 0.717) is 56.9 Å². The lowest BCUT2D eigenvalue weighted by Gasteiger charge is -2.43. The summed E-state index contributed by atoms with van der Waals surface area (Å²) in [5.74, 6) is -0.0815. The maximum absolute atomic E-state index is 15.5. The van der Waals surface area contributed by atoms with E-state index in [2.05, 4.69) is 89.1 Å². The summed E-state index contributed by atoms with van der Waals surface area (Å²) in [6, 6.07) is 21.2. The molecule has 48 heavy (non-hydrogen) atoms. The highest BCUT2D eigenvalue weighted by molar-refractivity contribution is 6.99. The fourth-order valence-corrected chi connectivity index (χ4v) is 12.7. The molecule has 0 spiro atoms. The van der Waals surface area contributed by atoms with Crippen molar-refractivity contribution in [2.24, 2.45) is 0 Å². The summed E-state index contributed by atoms with van der Waals surface area (Å²) in [7, 11) is -2.71. The van der Waals surface area contributed by atoms with Crippen molar-refractivity contribution in [1.29, 1.82) is 0 Å². The molecule has 8 nitrogen and oxygen atoms in total. The molecule has 12 heteroatoms. The van der Waals surface area contributed by atoms with Gasteiger partial charge in [0, 0.05) is 26.1 Å². The zero-order valence-corrected chi connectivity index (χ0v) is 29.5. The maximum Gasteiger partial charge on any atom is 0.319 e. The van der Waals surface area contributed by atoms with E-state index in [0.717, 1.165) is 19.4 Å². The van der Waals surface area contributed by atoms with Crippen LogP contribution in [0.2, 0.25) is 10.2 Å². The van der Waals surface area contributed by atoms with Gasteiger partial charge in [-0.2, -0.15) is 15.0 Å². The monoisotopic (exact) mass is 693 g/mol. The van der Waals surface area contributed by atoms with Crippen molar-refractivity contribution in [2.75, 3.05) is 50.9 Å². The van der Waals surface area contributed by atoms with Crippen LogP contribution in [-0.4, -0.2) is 85.9 Å². The molecule has 0 aliphatic carbocycles. The molecule has 0 N–H and O–H groups in total. The first-order chi connectivity index (χ1) is 23.1. The summed E-state index contributed by atoms with van der Waals surface area (Å²) in [6.45, 7) is 10.1. The van der Waals surface area contributed by atoms with E-state index in [1.807, 2.05) is 12.1 Å². The Balaban J connectivity index is 1.17. The zero-order valence-electron chi connectivity index (χ0n) is 27.7. The molecule has 2 atom stereocenters. The number of fused-ring (bicyclic) bond motifs is 1. The molecule has 4 aromatic rings. The number of alkyl halides is 1. The minimum Gasteiger partial charge on any atom is -0.475 e. The van der Waals surface area contributed by atoms with Crippen LogP contribution in [0.3, 0.4) is 0 Å². The smallest absolute Gasteiger partial charge is 0.319 e. The topological polar surface area (TPSA) is 72.8 Å². The Hall–Kier alpha value is -3.38. The van der Waals surface area contributed by atoms with Gasteiger partial charge in [0.25, 0.3) is 8.32 Å². The Morgan fingerprint density at radius 3 is 2.42 bits per heavy atom.